The average molecular weight is 901 g/mol. The summed E-state index contributed by atoms with van der Waals surface area (Å²) in [5, 5.41) is 15.2. The summed E-state index contributed by atoms with van der Waals surface area (Å²) in [6.07, 6.45) is -0.824. The fraction of sp³-hybridized carbons (Fsp3) is 0.429. The van der Waals surface area contributed by atoms with Crippen LogP contribution in [0.1, 0.15) is 55.9 Å². The number of nitrogens with one attached hydrogen (secondary N) is 3. The van der Waals surface area contributed by atoms with Crippen LogP contribution < -0.4 is 16.2 Å². The minimum absolute atomic E-state index is 0.000155. The molecule has 60 heavy (non-hydrogen) atoms. The summed E-state index contributed by atoms with van der Waals surface area (Å²) < 4.78 is 60.5. The summed E-state index contributed by atoms with van der Waals surface area (Å²) in [5.74, 6) is -0.949. The van der Waals surface area contributed by atoms with Crippen LogP contribution in [0.25, 0.3) is 22.2 Å². The van der Waals surface area contributed by atoms with Gasteiger partial charge in [0, 0.05) is 30.5 Å². The van der Waals surface area contributed by atoms with E-state index in [9.17, 15) is 24.2 Å². The minimum atomic E-state index is -4.21. The molecule has 3 saturated heterocycles. The molecule has 0 saturated carbocycles. The number of ether oxygens (including phenoxy) is 2. The van der Waals surface area contributed by atoms with E-state index in [0.717, 1.165) is 0 Å². The molecule has 2 amide bonds. The van der Waals surface area contributed by atoms with Crippen molar-refractivity contribution in [2.45, 2.75) is 70.0 Å². The van der Waals surface area contributed by atoms with E-state index in [1.165, 1.54) is 17.2 Å². The molecule has 5 aromatic rings. The second-order valence-electron chi connectivity index (χ2n) is 14.2. The predicted molar refractivity (Wildman–Crippen MR) is 219 cm³/mol. The maximum absolute atomic E-state index is 14.0. The number of hydrogen-bond acceptors (Lipinski definition) is 17. The van der Waals surface area contributed by atoms with Crippen molar-refractivity contribution in [1.29, 1.82) is 5.26 Å². The molecule has 4 aromatic heterocycles. The van der Waals surface area contributed by atoms with Crippen LogP contribution >= 0.6 is 25.8 Å². The van der Waals surface area contributed by atoms with Crippen LogP contribution in [0.5, 0.6) is 0 Å². The van der Waals surface area contributed by atoms with Crippen LogP contribution in [-0.2, 0) is 53.3 Å². The number of anilines is 2. The Morgan fingerprint density at radius 1 is 1.03 bits per heavy atom. The number of aromatic amines is 1. The molecule has 8 atom stereocenters. The molecule has 8 rings (SSSR count). The smallest absolute Gasteiger partial charge is 0.349 e. The molecule has 0 radical (unpaired) electrons. The van der Waals surface area contributed by atoms with Crippen LogP contribution in [0, 0.1) is 17.2 Å². The first-order valence-corrected chi connectivity index (χ1v) is 23.9. The van der Waals surface area contributed by atoms with E-state index >= 15 is 0 Å². The molecule has 3 aliphatic heterocycles. The Balaban J connectivity index is 1.07. The average Bonchev–Trinajstić information content (AvgIpc) is 4.02. The Labute approximate surface area is 351 Å². The summed E-state index contributed by atoms with van der Waals surface area (Å²) in [6.45, 7) is -5.13. The molecule has 25 heteroatoms. The van der Waals surface area contributed by atoms with Crippen LogP contribution in [0.4, 0.5) is 11.8 Å². The lowest BCUT2D eigenvalue weighted by Gasteiger charge is -2.28. The molecule has 0 aliphatic carbocycles. The lowest BCUT2D eigenvalue weighted by Crippen LogP contribution is -2.29. The number of benzene rings is 1. The number of carbonyl (C=O) groups is 2. The summed E-state index contributed by atoms with van der Waals surface area (Å²) in [4.78, 5) is 58.3. The van der Waals surface area contributed by atoms with Crippen LogP contribution in [0.2, 0.25) is 0 Å². The molecular formula is C35H38N10O11P2S2. The van der Waals surface area contributed by atoms with Crippen molar-refractivity contribution in [3.05, 3.63) is 71.2 Å². The Hall–Kier alpha value is -4.43. The molecule has 2 unspecified atom stereocenters. The van der Waals surface area contributed by atoms with Gasteiger partial charge in [-0.1, -0.05) is 44.3 Å². The minimum Gasteiger partial charge on any atom is -0.349 e. The molecule has 3 N–H and O–H groups in total. The maximum Gasteiger partial charge on any atom is 0.386 e. The SMILES string of the molecule is CC(C)C(=O)Nc1nc2c(ncn2[C@@H]2O[C@@H]3COP(=S)(OCCC#N)O[C@H]4C[C@H](n5ccc6c(NC(=O)c7ccccc7)ncnc65)O[C@@H]4COP(=O)(S)O[C@@H]2C3)c(=O)[nH]1. The van der Waals surface area contributed by atoms with Gasteiger partial charge in [-0.05, 0) is 30.0 Å². The van der Waals surface area contributed by atoms with Crippen molar-refractivity contribution in [2.75, 3.05) is 30.5 Å². The second kappa shape index (κ2) is 17.5. The van der Waals surface area contributed by atoms with Gasteiger partial charge in [-0.2, -0.15) is 10.2 Å². The Bertz CT molecular complexity index is 2620. The van der Waals surface area contributed by atoms with E-state index in [-0.39, 0.29) is 73.8 Å². The van der Waals surface area contributed by atoms with E-state index in [1.807, 2.05) is 12.1 Å². The topological polar surface area (TPSA) is 258 Å². The number of fused-ring (bicyclic) bond motifs is 5. The first kappa shape index (κ1) is 42.3. The van der Waals surface area contributed by atoms with Crippen LogP contribution in [-0.4, -0.2) is 90.1 Å². The van der Waals surface area contributed by atoms with Gasteiger partial charge in [0.05, 0.1) is 56.2 Å². The van der Waals surface area contributed by atoms with Gasteiger partial charge >= 0.3 is 13.5 Å². The van der Waals surface area contributed by atoms with Crippen molar-refractivity contribution < 1.29 is 46.2 Å². The van der Waals surface area contributed by atoms with E-state index < -0.39 is 61.9 Å². The van der Waals surface area contributed by atoms with Gasteiger partial charge in [0.1, 0.15) is 36.2 Å². The van der Waals surface area contributed by atoms with Crippen molar-refractivity contribution in [3.8, 4) is 6.07 Å². The highest BCUT2D eigenvalue weighted by atomic mass is 32.7. The van der Waals surface area contributed by atoms with E-state index in [2.05, 4.69) is 47.8 Å². The standard InChI is InChI=1S/C35H38N10O11P2S2/c1-19(2)31(46)42-35-41-30-27(33(48)43-35)39-18-45(30)34-24-13-21(53-34)15-52-58(60,50-12-6-10-36)56-23-14-26(54-25(23)16-51-57(49,59)55-24)44-11-9-22-28(37-17-38-29(22)44)40-32(47)20-7-4-3-5-8-20/h3-5,7-9,11,17-19,21,23-26,34H,6,12-16H2,1-2H3,(H,49,59)(H,37,38,40,47)(H2,41,42,43,46,48)/t21-,23-,24+,25+,26+,34+,57?,58?/m0/s1. The van der Waals surface area contributed by atoms with E-state index in [4.69, 9.17) is 43.9 Å². The highest BCUT2D eigenvalue weighted by Crippen LogP contribution is 2.59. The van der Waals surface area contributed by atoms with Gasteiger partial charge in [0.25, 0.3) is 11.5 Å². The maximum atomic E-state index is 14.0. The summed E-state index contributed by atoms with van der Waals surface area (Å²) in [5.41, 5.74) is 0.264. The number of thiol groups is 1. The number of amides is 2. The first-order valence-electron chi connectivity index (χ1n) is 18.7. The molecule has 3 aliphatic rings. The molecule has 21 nitrogen and oxygen atoms in total. The third-order valence-corrected chi connectivity index (χ3v) is 13.7. The molecule has 1 aromatic carbocycles. The second-order valence-corrected chi connectivity index (χ2v) is 20.0. The normalized spacial score (nSPS) is 28.4. The zero-order valence-corrected chi connectivity index (χ0v) is 35.4. The van der Waals surface area contributed by atoms with Gasteiger partial charge in [0.15, 0.2) is 17.4 Å². The summed E-state index contributed by atoms with van der Waals surface area (Å²) in [7, 11) is 0. The number of hydrogen-bond donors (Lipinski definition) is 4. The third kappa shape index (κ3) is 9.10. The predicted octanol–water partition coefficient (Wildman–Crippen LogP) is 5.00. The molecule has 316 valence electrons. The summed E-state index contributed by atoms with van der Waals surface area (Å²) in [6, 6.07) is 12.5. The van der Waals surface area contributed by atoms with Crippen molar-refractivity contribution in [1.82, 2.24) is 34.1 Å². The van der Waals surface area contributed by atoms with E-state index in [1.54, 1.807) is 54.9 Å². The highest BCUT2D eigenvalue weighted by Gasteiger charge is 2.47. The van der Waals surface area contributed by atoms with Gasteiger partial charge in [-0.3, -0.25) is 38.3 Å². The molecular weight excluding hydrogens is 863 g/mol. The number of nitrogens with zero attached hydrogens (tertiary/aromatic N) is 7. The van der Waals surface area contributed by atoms with E-state index in [0.29, 0.717) is 16.6 Å². The monoisotopic (exact) mass is 900 g/mol. The molecule has 2 bridgehead atoms. The van der Waals surface area contributed by atoms with Gasteiger partial charge < -0.3 is 32.9 Å². The molecule has 3 fully saturated rings. The number of carbonyl (C=O) groups excluding carboxylic acids is 2. The number of rotatable bonds is 9. The largest absolute Gasteiger partial charge is 0.386 e. The summed E-state index contributed by atoms with van der Waals surface area (Å²) >= 11 is 10.2. The lowest BCUT2D eigenvalue weighted by atomic mass is 10.2. The Kier molecular flexibility index (Phi) is 12.3. The van der Waals surface area contributed by atoms with Crippen molar-refractivity contribution in [2.24, 2.45) is 5.92 Å². The Morgan fingerprint density at radius 3 is 2.63 bits per heavy atom. The quantitative estimate of drug-likeness (QED) is 0.0862. The Morgan fingerprint density at radius 2 is 1.85 bits per heavy atom. The number of nitriles is 1. The third-order valence-electron chi connectivity index (χ3n) is 9.70. The highest BCUT2D eigenvalue weighted by molar-refractivity contribution is 8.44. The number of aromatic nitrogens is 7. The fourth-order valence-electron chi connectivity index (χ4n) is 6.81. The number of imidazole rings is 1. The van der Waals surface area contributed by atoms with Crippen molar-refractivity contribution in [3.63, 3.8) is 0 Å². The van der Waals surface area contributed by atoms with Gasteiger partial charge in [-0.15, -0.1) is 0 Å². The van der Waals surface area contributed by atoms with Gasteiger partial charge in [0.2, 0.25) is 11.9 Å². The zero-order valence-electron chi connectivity index (χ0n) is 31.9. The lowest BCUT2D eigenvalue weighted by molar-refractivity contribution is -0.118. The fourth-order valence-corrected chi connectivity index (χ4v) is 10.5. The molecule has 7 heterocycles. The van der Waals surface area contributed by atoms with Crippen molar-refractivity contribution >= 4 is 83.3 Å². The van der Waals surface area contributed by atoms with Crippen LogP contribution in [0.15, 0.2) is 60.0 Å². The first-order chi connectivity index (χ1) is 28.8. The van der Waals surface area contributed by atoms with Gasteiger partial charge in [-0.25, -0.2) is 19.5 Å². The molecule has 0 spiro atoms. The van der Waals surface area contributed by atoms with Crippen LogP contribution in [0.3, 0.4) is 0 Å². The number of H-pyrrole nitrogens is 1. The zero-order chi connectivity index (χ0) is 42.2.